The van der Waals surface area contributed by atoms with Crippen LogP contribution in [0.5, 0.6) is 0 Å². The number of nitrogens with one attached hydrogen (secondary N) is 1. The number of aromatic nitrogens is 1. The van der Waals surface area contributed by atoms with E-state index in [9.17, 15) is 15.0 Å². The van der Waals surface area contributed by atoms with Crippen LogP contribution >= 0.6 is 0 Å². The van der Waals surface area contributed by atoms with Gasteiger partial charge in [-0.1, -0.05) is 56.9 Å². The third-order valence-electron chi connectivity index (χ3n) is 7.59. The number of hydrogen-bond acceptors (Lipinski definition) is 4. The Morgan fingerprint density at radius 2 is 2.06 bits per heavy atom. The summed E-state index contributed by atoms with van der Waals surface area (Å²) in [6.07, 6.45) is 18.9. The van der Waals surface area contributed by atoms with Gasteiger partial charge in [0.15, 0.2) is 0 Å². The van der Waals surface area contributed by atoms with E-state index in [1.54, 1.807) is 12.4 Å². The van der Waals surface area contributed by atoms with Gasteiger partial charge in [-0.3, -0.25) is 9.78 Å². The molecule has 1 heterocycles. The van der Waals surface area contributed by atoms with Crippen LogP contribution in [-0.4, -0.2) is 33.3 Å². The van der Waals surface area contributed by atoms with Crippen molar-refractivity contribution in [3.63, 3.8) is 0 Å². The second kappa shape index (κ2) is 13.8. The smallest absolute Gasteiger partial charge is 0.220 e. The van der Waals surface area contributed by atoms with Crippen molar-refractivity contribution in [2.75, 3.05) is 0 Å². The van der Waals surface area contributed by atoms with E-state index in [-0.39, 0.29) is 17.9 Å². The lowest BCUT2D eigenvalue weighted by atomic mass is 9.88. The van der Waals surface area contributed by atoms with Crippen molar-refractivity contribution in [3.05, 3.63) is 53.9 Å². The fourth-order valence-corrected chi connectivity index (χ4v) is 5.64. The molecule has 0 aliphatic heterocycles. The molecule has 188 valence electrons. The number of aliphatic hydroxyl groups is 2. The summed E-state index contributed by atoms with van der Waals surface area (Å²) in [5.41, 5.74) is 2.54. The molecular weight excluding hydrogens is 424 g/mol. The monoisotopic (exact) mass is 468 g/mol. The Bertz CT molecular complexity index is 807. The second-order valence-corrected chi connectivity index (χ2v) is 10.5. The van der Waals surface area contributed by atoms with Gasteiger partial charge in [0.1, 0.15) is 0 Å². The van der Waals surface area contributed by atoms with Crippen molar-refractivity contribution in [2.45, 2.75) is 96.8 Å². The van der Waals surface area contributed by atoms with Crippen LogP contribution in [-0.2, 0) is 11.3 Å². The zero-order valence-electron chi connectivity index (χ0n) is 21.0. The van der Waals surface area contributed by atoms with E-state index in [1.807, 2.05) is 18.2 Å². The lowest BCUT2D eigenvalue weighted by Crippen LogP contribution is -2.22. The molecule has 6 atom stereocenters. The van der Waals surface area contributed by atoms with Gasteiger partial charge in [0.2, 0.25) is 5.91 Å². The molecule has 1 aromatic rings. The summed E-state index contributed by atoms with van der Waals surface area (Å²) in [4.78, 5) is 16.1. The normalized spacial score (nSPS) is 25.8. The predicted octanol–water partition coefficient (Wildman–Crippen LogP) is 5.34. The van der Waals surface area contributed by atoms with Crippen molar-refractivity contribution < 1.29 is 15.0 Å². The van der Waals surface area contributed by atoms with E-state index in [4.69, 9.17) is 0 Å². The molecule has 5 heteroatoms. The number of carbonyl (C=O) groups is 1. The van der Waals surface area contributed by atoms with E-state index >= 15 is 0 Å². The highest BCUT2D eigenvalue weighted by Crippen LogP contribution is 2.48. The molecule has 0 unspecified atom stereocenters. The van der Waals surface area contributed by atoms with Gasteiger partial charge in [-0.15, -0.1) is 0 Å². The largest absolute Gasteiger partial charge is 0.392 e. The van der Waals surface area contributed by atoms with Gasteiger partial charge in [-0.05, 0) is 74.0 Å². The number of unbranched alkanes of at least 4 members (excludes halogenated alkanes) is 2. The number of nitrogens with zero attached hydrogens (tertiary/aromatic N) is 1. The fraction of sp³-hybridized carbons (Fsp3) is 0.655. The zero-order valence-corrected chi connectivity index (χ0v) is 21.0. The third kappa shape index (κ3) is 8.35. The van der Waals surface area contributed by atoms with Crippen LogP contribution in [0.15, 0.2) is 48.3 Å². The van der Waals surface area contributed by atoms with Crippen LogP contribution in [0.1, 0.15) is 83.6 Å². The first-order valence-corrected chi connectivity index (χ1v) is 13.4. The number of pyridine rings is 1. The Morgan fingerprint density at radius 1 is 1.26 bits per heavy atom. The Labute approximate surface area is 205 Å². The number of amides is 1. The van der Waals surface area contributed by atoms with Crippen LogP contribution in [0.2, 0.25) is 0 Å². The summed E-state index contributed by atoms with van der Waals surface area (Å²) in [6, 6.07) is 3.83. The molecular formula is C29H44N2O3. The Hall–Kier alpha value is -1.98. The van der Waals surface area contributed by atoms with Crippen LogP contribution in [0.4, 0.5) is 0 Å². The summed E-state index contributed by atoms with van der Waals surface area (Å²) in [5, 5.41) is 24.0. The number of rotatable bonds is 14. The topological polar surface area (TPSA) is 82.5 Å². The predicted molar refractivity (Wildman–Crippen MR) is 137 cm³/mol. The highest BCUT2D eigenvalue weighted by molar-refractivity contribution is 5.75. The van der Waals surface area contributed by atoms with Gasteiger partial charge in [-0.25, -0.2) is 0 Å². The number of hydrogen-bond donors (Lipinski definition) is 3. The quantitative estimate of drug-likeness (QED) is 0.254. The highest BCUT2D eigenvalue weighted by Gasteiger charge is 2.43. The van der Waals surface area contributed by atoms with E-state index < -0.39 is 6.10 Å². The maximum absolute atomic E-state index is 12.1. The summed E-state index contributed by atoms with van der Waals surface area (Å²) in [6.45, 7) is 4.97. The average Bonchev–Trinajstić information content (AvgIpc) is 3.34. The molecule has 34 heavy (non-hydrogen) atoms. The summed E-state index contributed by atoms with van der Waals surface area (Å²) >= 11 is 0. The first-order chi connectivity index (χ1) is 16.5. The lowest BCUT2D eigenvalue weighted by Gasteiger charge is -2.19. The minimum absolute atomic E-state index is 0.102. The molecule has 0 aromatic carbocycles. The molecule has 1 saturated carbocycles. The minimum atomic E-state index is -0.420. The molecule has 1 aromatic heterocycles. The molecule has 0 spiro atoms. The Balaban J connectivity index is 1.35. The van der Waals surface area contributed by atoms with Gasteiger partial charge < -0.3 is 15.5 Å². The van der Waals surface area contributed by atoms with E-state index in [2.05, 4.69) is 36.3 Å². The maximum Gasteiger partial charge on any atom is 0.220 e. The number of aliphatic hydroxyl groups excluding tert-OH is 2. The van der Waals surface area contributed by atoms with Crippen molar-refractivity contribution in [3.8, 4) is 0 Å². The fourth-order valence-electron chi connectivity index (χ4n) is 5.64. The average molecular weight is 469 g/mol. The second-order valence-electron chi connectivity index (χ2n) is 10.5. The molecule has 3 rings (SSSR count). The van der Waals surface area contributed by atoms with Crippen molar-refractivity contribution >= 4 is 5.91 Å². The molecule has 0 saturated heterocycles. The molecule has 5 nitrogen and oxygen atoms in total. The van der Waals surface area contributed by atoms with Crippen LogP contribution < -0.4 is 5.32 Å². The highest BCUT2D eigenvalue weighted by atomic mass is 16.3. The first kappa shape index (κ1) is 26.6. The van der Waals surface area contributed by atoms with Gasteiger partial charge in [-0.2, -0.15) is 0 Å². The third-order valence-corrected chi connectivity index (χ3v) is 7.59. The van der Waals surface area contributed by atoms with Gasteiger partial charge >= 0.3 is 0 Å². The van der Waals surface area contributed by atoms with E-state index in [0.29, 0.717) is 30.7 Å². The minimum Gasteiger partial charge on any atom is -0.392 e. The van der Waals surface area contributed by atoms with Gasteiger partial charge in [0.25, 0.3) is 0 Å². The van der Waals surface area contributed by atoms with Gasteiger partial charge in [0, 0.05) is 31.3 Å². The Kier molecular flexibility index (Phi) is 10.8. The zero-order chi connectivity index (χ0) is 24.3. The standard InChI is InChI=1S/C29H44N2O3/c1-3-4-7-21(2)16-25(32)10-11-26-27-18-23(17-24(27)19-28(26)33)8-5-6-9-29(34)31-20-22-12-14-30-15-13-22/h10-15,17,21,24-28,32-33H,3-9,16,18-20H2,1-2H3,(H,31,34)/b11-10+/t21-,24-,25+,26+,27-,28+/m0/s1. The number of allylic oxidation sites excluding steroid dienone is 2. The molecule has 1 amide bonds. The lowest BCUT2D eigenvalue weighted by molar-refractivity contribution is -0.121. The summed E-state index contributed by atoms with van der Waals surface area (Å²) in [5.74, 6) is 1.67. The molecule has 0 radical (unpaired) electrons. The molecule has 1 fully saturated rings. The number of fused-ring (bicyclic) bond motifs is 1. The molecule has 0 bridgehead atoms. The van der Waals surface area contributed by atoms with Gasteiger partial charge in [0.05, 0.1) is 12.2 Å². The van der Waals surface area contributed by atoms with Crippen LogP contribution in [0, 0.1) is 23.7 Å². The van der Waals surface area contributed by atoms with Crippen molar-refractivity contribution in [1.82, 2.24) is 10.3 Å². The van der Waals surface area contributed by atoms with Crippen molar-refractivity contribution in [1.29, 1.82) is 0 Å². The maximum atomic E-state index is 12.1. The number of carbonyl (C=O) groups excluding carboxylic acids is 1. The SMILES string of the molecule is CCCC[C@H](C)C[C@H](O)/C=C/[C@@H]1[C@H]2CC(CCCCC(=O)NCc3ccncc3)=C[C@H]2C[C@H]1O. The van der Waals surface area contributed by atoms with Crippen LogP contribution in [0.25, 0.3) is 0 Å². The molecule has 3 N–H and O–H groups in total. The van der Waals surface area contributed by atoms with E-state index in [1.165, 1.54) is 18.4 Å². The summed E-state index contributed by atoms with van der Waals surface area (Å²) < 4.78 is 0. The van der Waals surface area contributed by atoms with Crippen LogP contribution in [0.3, 0.4) is 0 Å². The molecule has 2 aliphatic rings. The molecule has 2 aliphatic carbocycles. The first-order valence-electron chi connectivity index (χ1n) is 13.4. The summed E-state index contributed by atoms with van der Waals surface area (Å²) in [7, 11) is 0. The van der Waals surface area contributed by atoms with Crippen molar-refractivity contribution in [2.24, 2.45) is 23.7 Å². The Morgan fingerprint density at radius 3 is 2.82 bits per heavy atom. The van der Waals surface area contributed by atoms with E-state index in [0.717, 1.165) is 50.5 Å².